The maximum Gasteiger partial charge on any atom is 0.267 e. The molecule has 0 radical (unpaired) electrons. The van der Waals surface area contributed by atoms with Gasteiger partial charge in [-0.25, -0.2) is 4.68 Å². The van der Waals surface area contributed by atoms with E-state index in [1.807, 2.05) is 6.92 Å². The zero-order valence-electron chi connectivity index (χ0n) is 18.0. The van der Waals surface area contributed by atoms with E-state index in [-0.39, 0.29) is 17.5 Å². The van der Waals surface area contributed by atoms with Crippen molar-refractivity contribution in [1.82, 2.24) is 15.1 Å². The molecule has 1 atom stereocenters. The molecule has 0 fully saturated rings. The van der Waals surface area contributed by atoms with Crippen molar-refractivity contribution in [2.24, 2.45) is 0 Å². The molecule has 162 valence electrons. The predicted octanol–water partition coefficient (Wildman–Crippen LogP) is 2.36. The molecule has 0 saturated carbocycles. The van der Waals surface area contributed by atoms with E-state index < -0.39 is 0 Å². The lowest BCUT2D eigenvalue weighted by atomic mass is 10.1. The van der Waals surface area contributed by atoms with E-state index in [2.05, 4.69) is 10.4 Å². The summed E-state index contributed by atoms with van der Waals surface area (Å²) in [7, 11) is 4.50. The third-order valence-electron chi connectivity index (χ3n) is 5.28. The van der Waals surface area contributed by atoms with Gasteiger partial charge in [0.2, 0.25) is 5.75 Å². The number of rotatable bonds is 7. The average molecular weight is 415 g/mol. The molecule has 0 saturated heterocycles. The Morgan fingerprint density at radius 3 is 2.37 bits per heavy atom. The zero-order chi connectivity index (χ0) is 21.7. The molecule has 1 amide bonds. The summed E-state index contributed by atoms with van der Waals surface area (Å²) in [5.41, 5.74) is 2.29. The number of carbonyl (C=O) groups is 1. The highest BCUT2D eigenvalue weighted by Crippen LogP contribution is 2.38. The molecule has 1 heterocycles. The molecule has 0 aliphatic heterocycles. The summed E-state index contributed by atoms with van der Waals surface area (Å²) in [5, 5.41) is 7.48. The SMILES string of the molecule is COc1cc(C(=O)N[C@@H](C)Cn2nc3c(cc2=O)CCCCC3)cc(OC)c1OC. The van der Waals surface area contributed by atoms with Crippen LogP contribution in [0.15, 0.2) is 23.0 Å². The summed E-state index contributed by atoms with van der Waals surface area (Å²) in [5.74, 6) is 0.923. The molecule has 1 aromatic heterocycles. The predicted molar refractivity (Wildman–Crippen MR) is 113 cm³/mol. The van der Waals surface area contributed by atoms with Crippen molar-refractivity contribution in [3.63, 3.8) is 0 Å². The average Bonchev–Trinajstić information content (AvgIpc) is 2.97. The van der Waals surface area contributed by atoms with E-state index in [0.29, 0.717) is 29.4 Å². The number of fused-ring (bicyclic) bond motifs is 1. The van der Waals surface area contributed by atoms with Gasteiger partial charge in [0, 0.05) is 17.7 Å². The van der Waals surface area contributed by atoms with Crippen molar-refractivity contribution < 1.29 is 19.0 Å². The lowest BCUT2D eigenvalue weighted by Gasteiger charge is -2.18. The van der Waals surface area contributed by atoms with E-state index in [4.69, 9.17) is 14.2 Å². The molecule has 1 aliphatic rings. The molecule has 2 aromatic rings. The van der Waals surface area contributed by atoms with Crippen LogP contribution in [0.4, 0.5) is 0 Å². The van der Waals surface area contributed by atoms with Crippen molar-refractivity contribution in [2.75, 3.05) is 21.3 Å². The minimum atomic E-state index is -0.301. The van der Waals surface area contributed by atoms with Gasteiger partial charge in [-0.05, 0) is 50.3 Å². The molecule has 1 N–H and O–H groups in total. The summed E-state index contributed by atoms with van der Waals surface area (Å²) in [4.78, 5) is 25.2. The molecule has 0 bridgehead atoms. The standard InChI is InChI=1S/C22H29N3O5/c1-14(13-25-20(26)12-15-8-6-5-7-9-17(15)24-25)23-22(27)16-10-18(28-2)21(30-4)19(11-16)29-3/h10-12,14H,5-9,13H2,1-4H3,(H,23,27)/t14-/m0/s1. The maximum absolute atomic E-state index is 12.8. The molecule has 3 rings (SSSR count). The van der Waals surface area contributed by atoms with Crippen LogP contribution in [0, 0.1) is 0 Å². The number of methoxy groups -OCH3 is 3. The fourth-order valence-electron chi connectivity index (χ4n) is 3.73. The Hall–Kier alpha value is -3.03. The fourth-order valence-corrected chi connectivity index (χ4v) is 3.73. The molecule has 0 spiro atoms. The van der Waals surface area contributed by atoms with Crippen LogP contribution in [0.2, 0.25) is 0 Å². The van der Waals surface area contributed by atoms with Gasteiger partial charge in [-0.2, -0.15) is 5.10 Å². The number of ether oxygens (including phenoxy) is 3. The van der Waals surface area contributed by atoms with Gasteiger partial charge < -0.3 is 19.5 Å². The highest BCUT2D eigenvalue weighted by Gasteiger charge is 2.19. The molecule has 1 aliphatic carbocycles. The molecule has 8 nitrogen and oxygen atoms in total. The molecular formula is C22H29N3O5. The number of hydrogen-bond donors (Lipinski definition) is 1. The highest BCUT2D eigenvalue weighted by molar-refractivity contribution is 5.95. The smallest absolute Gasteiger partial charge is 0.267 e. The van der Waals surface area contributed by atoms with Crippen molar-refractivity contribution in [2.45, 2.75) is 51.6 Å². The van der Waals surface area contributed by atoms with Crippen LogP contribution in [-0.4, -0.2) is 43.1 Å². The van der Waals surface area contributed by atoms with Crippen LogP contribution in [0.5, 0.6) is 17.2 Å². The number of hydrogen-bond acceptors (Lipinski definition) is 6. The molecule has 0 unspecified atom stereocenters. The van der Waals surface area contributed by atoms with Gasteiger partial charge in [-0.3, -0.25) is 9.59 Å². The third-order valence-corrected chi connectivity index (χ3v) is 5.28. The van der Waals surface area contributed by atoms with Crippen LogP contribution < -0.4 is 25.1 Å². The van der Waals surface area contributed by atoms with Gasteiger partial charge in [0.1, 0.15) is 0 Å². The van der Waals surface area contributed by atoms with Gasteiger partial charge in [0.15, 0.2) is 11.5 Å². The summed E-state index contributed by atoms with van der Waals surface area (Å²) < 4.78 is 17.4. The van der Waals surface area contributed by atoms with Gasteiger partial charge in [0.25, 0.3) is 11.5 Å². The van der Waals surface area contributed by atoms with Crippen LogP contribution in [0.1, 0.15) is 47.8 Å². The lowest BCUT2D eigenvalue weighted by Crippen LogP contribution is -2.39. The summed E-state index contributed by atoms with van der Waals surface area (Å²) in [6.45, 7) is 2.14. The highest BCUT2D eigenvalue weighted by atomic mass is 16.5. The largest absolute Gasteiger partial charge is 0.493 e. The summed E-state index contributed by atoms with van der Waals surface area (Å²) >= 11 is 0. The number of nitrogens with zero attached hydrogens (tertiary/aromatic N) is 2. The molecule has 8 heteroatoms. The van der Waals surface area contributed by atoms with Crippen molar-refractivity contribution in [3.8, 4) is 17.2 Å². The molecule has 1 aromatic carbocycles. The first kappa shape index (κ1) is 21.7. The Morgan fingerprint density at radius 1 is 1.07 bits per heavy atom. The van der Waals surface area contributed by atoms with Crippen molar-refractivity contribution >= 4 is 5.91 Å². The first-order valence-electron chi connectivity index (χ1n) is 10.2. The second kappa shape index (κ2) is 9.65. The molecular weight excluding hydrogens is 386 g/mol. The van der Waals surface area contributed by atoms with E-state index in [1.165, 1.54) is 26.0 Å². The normalized spacial score (nSPS) is 14.3. The van der Waals surface area contributed by atoms with Crippen molar-refractivity contribution in [3.05, 3.63) is 45.4 Å². The van der Waals surface area contributed by atoms with Gasteiger partial charge in [-0.1, -0.05) is 6.42 Å². The number of aromatic nitrogens is 2. The van der Waals surface area contributed by atoms with E-state index >= 15 is 0 Å². The Labute approximate surface area is 176 Å². The number of amides is 1. The Morgan fingerprint density at radius 2 is 1.73 bits per heavy atom. The maximum atomic E-state index is 12.8. The zero-order valence-corrected chi connectivity index (χ0v) is 18.0. The third kappa shape index (κ3) is 4.75. The molecule has 30 heavy (non-hydrogen) atoms. The van der Waals surface area contributed by atoms with Crippen molar-refractivity contribution in [1.29, 1.82) is 0 Å². The first-order valence-corrected chi connectivity index (χ1v) is 10.2. The van der Waals surface area contributed by atoms with Gasteiger partial charge in [0.05, 0.1) is 33.6 Å². The van der Waals surface area contributed by atoms with E-state index in [1.54, 1.807) is 18.2 Å². The summed E-state index contributed by atoms with van der Waals surface area (Å²) in [6.07, 6.45) is 5.14. The monoisotopic (exact) mass is 415 g/mol. The van der Waals surface area contributed by atoms with Crippen LogP contribution >= 0.6 is 0 Å². The van der Waals surface area contributed by atoms with E-state index in [9.17, 15) is 9.59 Å². The quantitative estimate of drug-likeness (QED) is 0.698. The Kier molecular flexibility index (Phi) is 6.97. The van der Waals surface area contributed by atoms with E-state index in [0.717, 1.165) is 43.4 Å². The number of nitrogens with one attached hydrogen (secondary N) is 1. The van der Waals surface area contributed by atoms with Crippen LogP contribution in [-0.2, 0) is 19.4 Å². The first-order chi connectivity index (χ1) is 14.5. The van der Waals surface area contributed by atoms with Gasteiger partial charge >= 0.3 is 0 Å². The minimum Gasteiger partial charge on any atom is -0.493 e. The second-order valence-electron chi connectivity index (χ2n) is 7.49. The Bertz CT molecular complexity index is 945. The Balaban J connectivity index is 1.75. The fraction of sp³-hybridized carbons (Fsp3) is 0.500. The van der Waals surface area contributed by atoms with Crippen LogP contribution in [0.25, 0.3) is 0 Å². The second-order valence-corrected chi connectivity index (χ2v) is 7.49. The number of aryl methyl sites for hydroxylation is 2. The lowest BCUT2D eigenvalue weighted by molar-refractivity contribution is 0.0934. The summed E-state index contributed by atoms with van der Waals surface area (Å²) in [6, 6.07) is 4.58. The number of carbonyl (C=O) groups excluding carboxylic acids is 1. The number of benzene rings is 1. The minimum absolute atomic E-state index is 0.135. The van der Waals surface area contributed by atoms with Gasteiger partial charge in [-0.15, -0.1) is 0 Å². The topological polar surface area (TPSA) is 91.7 Å². The van der Waals surface area contributed by atoms with Crippen LogP contribution in [0.3, 0.4) is 0 Å².